The van der Waals surface area contributed by atoms with Gasteiger partial charge in [0.1, 0.15) is 0 Å². The van der Waals surface area contributed by atoms with Gasteiger partial charge in [-0.2, -0.15) is 0 Å². The third kappa shape index (κ3) is 2.20. The Hall–Kier alpha value is -0.990. The third-order valence-electron chi connectivity index (χ3n) is 3.72. The molecule has 1 aliphatic heterocycles. The van der Waals surface area contributed by atoms with Gasteiger partial charge in [-0.05, 0) is 43.8 Å². The van der Waals surface area contributed by atoms with Gasteiger partial charge in [-0.15, -0.1) is 0 Å². The van der Waals surface area contributed by atoms with Crippen LogP contribution in [-0.2, 0) is 6.42 Å². The maximum Gasteiger partial charge on any atom is 0.0659 e. The van der Waals surface area contributed by atoms with E-state index in [9.17, 15) is 0 Å². The van der Waals surface area contributed by atoms with Crippen molar-refractivity contribution < 1.29 is 0 Å². The van der Waals surface area contributed by atoms with Crippen LogP contribution in [0.5, 0.6) is 0 Å². The molecule has 1 aliphatic rings. The average molecular weight is 249 g/mol. The van der Waals surface area contributed by atoms with Crippen molar-refractivity contribution >= 4 is 22.5 Å². The molecule has 0 spiro atoms. The van der Waals surface area contributed by atoms with Crippen LogP contribution in [0.4, 0.5) is 0 Å². The highest BCUT2D eigenvalue weighted by molar-refractivity contribution is 6.35. The molecule has 2 nitrogen and oxygen atoms in total. The highest BCUT2D eigenvalue weighted by Crippen LogP contribution is 2.28. The summed E-state index contributed by atoms with van der Waals surface area (Å²) in [5.41, 5.74) is 2.62. The lowest BCUT2D eigenvalue weighted by Gasteiger charge is -2.22. The van der Waals surface area contributed by atoms with Crippen molar-refractivity contribution in [2.45, 2.75) is 19.3 Å². The minimum atomic E-state index is 0.809. The maximum absolute atomic E-state index is 6.15. The molecule has 0 radical (unpaired) electrons. The van der Waals surface area contributed by atoms with Gasteiger partial charge in [0.15, 0.2) is 0 Å². The summed E-state index contributed by atoms with van der Waals surface area (Å²) in [6.07, 6.45) is 5.61. The molecule has 0 atom stereocenters. The summed E-state index contributed by atoms with van der Waals surface area (Å²) >= 11 is 6.15. The van der Waals surface area contributed by atoms with Gasteiger partial charge in [0.05, 0.1) is 10.5 Å². The number of nitrogens with one attached hydrogen (secondary N) is 2. The van der Waals surface area contributed by atoms with E-state index in [1.807, 2.05) is 6.20 Å². The molecular formula is C14H17ClN2. The second-order valence-corrected chi connectivity index (χ2v) is 5.28. The fourth-order valence-electron chi connectivity index (χ4n) is 2.75. The predicted octanol–water partition coefficient (Wildman–Crippen LogP) is 3.36. The number of benzene rings is 1. The van der Waals surface area contributed by atoms with Crippen molar-refractivity contribution in [2.24, 2.45) is 5.92 Å². The SMILES string of the molecule is Clc1c[nH]c2c(CC3CCNCC3)cccc12. The van der Waals surface area contributed by atoms with E-state index in [0.717, 1.165) is 35.8 Å². The van der Waals surface area contributed by atoms with Crippen LogP contribution in [0, 0.1) is 5.92 Å². The Kier molecular flexibility index (Phi) is 3.08. The van der Waals surface area contributed by atoms with E-state index in [2.05, 4.69) is 28.5 Å². The second kappa shape index (κ2) is 4.71. The van der Waals surface area contributed by atoms with Crippen LogP contribution >= 0.6 is 11.6 Å². The van der Waals surface area contributed by atoms with Gasteiger partial charge in [0.25, 0.3) is 0 Å². The van der Waals surface area contributed by atoms with Crippen molar-refractivity contribution in [3.63, 3.8) is 0 Å². The van der Waals surface area contributed by atoms with E-state index >= 15 is 0 Å². The van der Waals surface area contributed by atoms with E-state index in [1.165, 1.54) is 23.9 Å². The van der Waals surface area contributed by atoms with Gasteiger partial charge >= 0.3 is 0 Å². The Morgan fingerprint density at radius 2 is 2.06 bits per heavy atom. The van der Waals surface area contributed by atoms with Crippen molar-refractivity contribution in [1.29, 1.82) is 0 Å². The lowest BCUT2D eigenvalue weighted by atomic mass is 9.90. The number of fused-ring (bicyclic) bond motifs is 1. The highest BCUT2D eigenvalue weighted by Gasteiger charge is 2.15. The molecule has 3 rings (SSSR count). The fraction of sp³-hybridized carbons (Fsp3) is 0.429. The Bertz CT molecular complexity index is 512. The van der Waals surface area contributed by atoms with E-state index in [1.54, 1.807) is 0 Å². The number of hydrogen-bond donors (Lipinski definition) is 2. The summed E-state index contributed by atoms with van der Waals surface area (Å²) in [4.78, 5) is 3.30. The lowest BCUT2D eigenvalue weighted by Crippen LogP contribution is -2.28. The molecule has 90 valence electrons. The minimum absolute atomic E-state index is 0.809. The van der Waals surface area contributed by atoms with Gasteiger partial charge < -0.3 is 10.3 Å². The van der Waals surface area contributed by atoms with Crippen molar-refractivity contribution in [3.8, 4) is 0 Å². The third-order valence-corrected chi connectivity index (χ3v) is 4.03. The molecule has 0 bridgehead atoms. The largest absolute Gasteiger partial charge is 0.360 e. The molecule has 0 saturated carbocycles. The van der Waals surface area contributed by atoms with E-state index in [0.29, 0.717) is 0 Å². The number of halogens is 1. The average Bonchev–Trinajstić information content (AvgIpc) is 2.74. The summed E-state index contributed by atoms with van der Waals surface area (Å²) in [5.74, 6) is 0.809. The molecule has 1 aromatic carbocycles. The number of piperidine rings is 1. The van der Waals surface area contributed by atoms with Crippen LogP contribution in [0.2, 0.25) is 5.02 Å². The molecule has 17 heavy (non-hydrogen) atoms. The van der Waals surface area contributed by atoms with Crippen molar-refractivity contribution in [1.82, 2.24) is 10.3 Å². The number of hydrogen-bond acceptors (Lipinski definition) is 1. The quantitative estimate of drug-likeness (QED) is 0.838. The van der Waals surface area contributed by atoms with Crippen LogP contribution in [0.25, 0.3) is 10.9 Å². The first-order valence-corrected chi connectivity index (χ1v) is 6.67. The maximum atomic E-state index is 6.15. The number of aromatic nitrogens is 1. The minimum Gasteiger partial charge on any atom is -0.360 e. The standard InChI is InChI=1S/C14H17ClN2/c15-13-9-17-14-11(2-1-3-12(13)14)8-10-4-6-16-7-5-10/h1-3,9-10,16-17H,4-8H2. The number of aromatic amines is 1. The number of para-hydroxylation sites is 1. The zero-order valence-corrected chi connectivity index (χ0v) is 10.6. The topological polar surface area (TPSA) is 27.8 Å². The molecule has 2 aromatic rings. The van der Waals surface area contributed by atoms with Crippen LogP contribution in [0.15, 0.2) is 24.4 Å². The van der Waals surface area contributed by atoms with Gasteiger partial charge in [-0.3, -0.25) is 0 Å². The van der Waals surface area contributed by atoms with Crippen LogP contribution < -0.4 is 5.32 Å². The van der Waals surface area contributed by atoms with Crippen molar-refractivity contribution in [3.05, 3.63) is 35.0 Å². The summed E-state index contributed by atoms with van der Waals surface area (Å²) in [7, 11) is 0. The molecule has 0 unspecified atom stereocenters. The smallest absolute Gasteiger partial charge is 0.0659 e. The van der Waals surface area contributed by atoms with Gasteiger partial charge in [-0.25, -0.2) is 0 Å². The first-order valence-electron chi connectivity index (χ1n) is 6.30. The highest BCUT2D eigenvalue weighted by atomic mass is 35.5. The fourth-order valence-corrected chi connectivity index (χ4v) is 2.96. The monoisotopic (exact) mass is 248 g/mol. The van der Waals surface area contributed by atoms with Crippen molar-refractivity contribution in [2.75, 3.05) is 13.1 Å². The second-order valence-electron chi connectivity index (χ2n) is 4.87. The lowest BCUT2D eigenvalue weighted by molar-refractivity contribution is 0.373. The van der Waals surface area contributed by atoms with Gasteiger partial charge in [0.2, 0.25) is 0 Å². The van der Waals surface area contributed by atoms with E-state index in [-0.39, 0.29) is 0 Å². The Morgan fingerprint density at radius 1 is 1.24 bits per heavy atom. The normalized spacial score (nSPS) is 17.7. The molecule has 3 heteroatoms. The van der Waals surface area contributed by atoms with Gasteiger partial charge in [0, 0.05) is 11.6 Å². The summed E-state index contributed by atoms with van der Waals surface area (Å²) in [6, 6.07) is 6.41. The van der Waals surface area contributed by atoms with Crippen LogP contribution in [0.3, 0.4) is 0 Å². The van der Waals surface area contributed by atoms with E-state index in [4.69, 9.17) is 11.6 Å². The first-order chi connectivity index (χ1) is 8.34. The van der Waals surface area contributed by atoms with Gasteiger partial charge in [-0.1, -0.05) is 29.8 Å². The summed E-state index contributed by atoms with van der Waals surface area (Å²) < 4.78 is 0. The zero-order chi connectivity index (χ0) is 11.7. The van der Waals surface area contributed by atoms with E-state index < -0.39 is 0 Å². The number of rotatable bonds is 2. The molecule has 1 saturated heterocycles. The number of H-pyrrole nitrogens is 1. The Labute approximate surface area is 106 Å². The molecule has 0 amide bonds. The molecule has 2 heterocycles. The summed E-state index contributed by atoms with van der Waals surface area (Å²) in [5, 5.41) is 5.39. The zero-order valence-electron chi connectivity index (χ0n) is 9.80. The first kappa shape index (κ1) is 11.1. The molecule has 2 N–H and O–H groups in total. The molecule has 1 fully saturated rings. The Balaban J connectivity index is 1.89. The summed E-state index contributed by atoms with van der Waals surface area (Å²) in [6.45, 7) is 2.32. The molecular weight excluding hydrogens is 232 g/mol. The molecule has 1 aromatic heterocycles. The Morgan fingerprint density at radius 3 is 2.88 bits per heavy atom. The van der Waals surface area contributed by atoms with Crippen LogP contribution in [0.1, 0.15) is 18.4 Å². The predicted molar refractivity (Wildman–Crippen MR) is 72.6 cm³/mol. The molecule has 0 aliphatic carbocycles. The van der Waals surface area contributed by atoms with Crippen LogP contribution in [-0.4, -0.2) is 18.1 Å².